The van der Waals surface area contributed by atoms with Gasteiger partial charge < -0.3 is 0 Å². The molecule has 0 radical (unpaired) electrons. The smallest absolute Gasteiger partial charge is 0.257 e. The summed E-state index contributed by atoms with van der Waals surface area (Å²) in [6.07, 6.45) is 2.15. The number of sulfonamides is 1. The summed E-state index contributed by atoms with van der Waals surface area (Å²) < 4.78 is 27.9. The molecule has 1 N–H and O–H groups in total. The predicted octanol–water partition coefficient (Wildman–Crippen LogP) is 4.22. The number of anilines is 1. The molecule has 9 heteroatoms. The van der Waals surface area contributed by atoms with E-state index in [9.17, 15) is 18.0 Å². The molecule has 1 aliphatic heterocycles. The fraction of sp³-hybridized carbons (Fsp3) is 0.522. The molecule has 2 aromatic rings. The number of carbonyl (C=O) groups is 2. The maximum atomic E-state index is 13.2. The van der Waals surface area contributed by atoms with Gasteiger partial charge in [0, 0.05) is 25.1 Å². The molecule has 2 atom stereocenters. The van der Waals surface area contributed by atoms with Crippen LogP contribution in [-0.4, -0.2) is 42.5 Å². The molecule has 0 saturated carbocycles. The number of benzene rings is 1. The summed E-state index contributed by atoms with van der Waals surface area (Å²) in [6, 6.07) is 6.10. The summed E-state index contributed by atoms with van der Waals surface area (Å²) in [5.41, 5.74) is 0.811. The van der Waals surface area contributed by atoms with Crippen LogP contribution in [0.4, 0.5) is 5.13 Å². The molecule has 4 rings (SSSR count). The first kappa shape index (κ1) is 23.1. The molecule has 1 amide bonds. The first-order valence-electron chi connectivity index (χ1n) is 10.9. The second-order valence-corrected chi connectivity index (χ2v) is 12.9. The van der Waals surface area contributed by atoms with Crippen LogP contribution < -0.4 is 5.32 Å². The van der Waals surface area contributed by atoms with Gasteiger partial charge in [0.25, 0.3) is 5.91 Å². The van der Waals surface area contributed by atoms with Crippen LogP contribution in [0.1, 0.15) is 66.3 Å². The van der Waals surface area contributed by atoms with Gasteiger partial charge >= 0.3 is 0 Å². The number of rotatable bonds is 4. The van der Waals surface area contributed by atoms with Gasteiger partial charge in [-0.3, -0.25) is 14.9 Å². The van der Waals surface area contributed by atoms with Gasteiger partial charge in [-0.05, 0) is 48.3 Å². The Morgan fingerprint density at radius 1 is 1.19 bits per heavy atom. The summed E-state index contributed by atoms with van der Waals surface area (Å²) >= 11 is 1.18. The Balaban J connectivity index is 1.54. The van der Waals surface area contributed by atoms with Gasteiger partial charge in [-0.25, -0.2) is 13.4 Å². The van der Waals surface area contributed by atoms with Crippen molar-refractivity contribution in [3.8, 4) is 0 Å². The van der Waals surface area contributed by atoms with Gasteiger partial charge in [-0.2, -0.15) is 4.31 Å². The molecule has 7 nitrogen and oxygen atoms in total. The lowest BCUT2D eigenvalue weighted by atomic mass is 9.78. The molecule has 2 aliphatic rings. The number of piperidine rings is 1. The Morgan fingerprint density at radius 3 is 2.56 bits per heavy atom. The molecule has 1 fully saturated rings. The van der Waals surface area contributed by atoms with Crippen molar-refractivity contribution in [3.63, 3.8) is 0 Å². The van der Waals surface area contributed by atoms with E-state index in [2.05, 4.69) is 24.1 Å². The summed E-state index contributed by atoms with van der Waals surface area (Å²) in [6.45, 7) is 9.14. The number of Topliss-reactive ketones (excluding diaryl/α,β-unsaturated/α-hetero) is 1. The van der Waals surface area contributed by atoms with Crippen LogP contribution >= 0.6 is 11.3 Å². The van der Waals surface area contributed by atoms with Gasteiger partial charge in [-0.1, -0.05) is 45.1 Å². The molecule has 2 unspecified atom stereocenters. The Morgan fingerprint density at radius 2 is 1.88 bits per heavy atom. The minimum absolute atomic E-state index is 0.0485. The third kappa shape index (κ3) is 4.65. The van der Waals surface area contributed by atoms with Crippen molar-refractivity contribution in [1.29, 1.82) is 0 Å². The summed E-state index contributed by atoms with van der Waals surface area (Å²) in [5.74, 6) is 0.194. The monoisotopic (exact) mass is 475 g/mol. The quantitative estimate of drug-likeness (QED) is 0.714. The van der Waals surface area contributed by atoms with E-state index in [0.29, 0.717) is 47.8 Å². The number of carbonyl (C=O) groups excluding carboxylic acids is 2. The van der Waals surface area contributed by atoms with Crippen molar-refractivity contribution in [2.75, 3.05) is 18.4 Å². The first-order chi connectivity index (χ1) is 14.9. The molecule has 1 saturated heterocycles. The van der Waals surface area contributed by atoms with Crippen LogP contribution in [0, 0.1) is 17.3 Å². The molecule has 2 heterocycles. The second-order valence-electron chi connectivity index (χ2n) is 9.99. The van der Waals surface area contributed by atoms with Crippen LogP contribution in [0.3, 0.4) is 0 Å². The number of aromatic nitrogens is 1. The number of ketones is 1. The SMILES string of the molecule is CC1CC(C)CN(S(=O)(=O)c2cccc(C(=O)Nc3nc4c(s3)C(=O)CC(C)(C)C4)c2)C1. The van der Waals surface area contributed by atoms with E-state index in [1.807, 2.05) is 13.8 Å². The van der Waals surface area contributed by atoms with Crippen molar-refractivity contribution < 1.29 is 18.0 Å². The third-order valence-corrected chi connectivity index (χ3v) is 8.91. The number of amides is 1. The highest BCUT2D eigenvalue weighted by Crippen LogP contribution is 2.38. The zero-order valence-electron chi connectivity index (χ0n) is 18.8. The zero-order valence-corrected chi connectivity index (χ0v) is 20.5. The zero-order chi connectivity index (χ0) is 23.3. The normalized spacial score (nSPS) is 23.6. The van der Waals surface area contributed by atoms with Crippen molar-refractivity contribution in [2.24, 2.45) is 17.3 Å². The summed E-state index contributed by atoms with van der Waals surface area (Å²) in [7, 11) is -3.68. The highest BCUT2D eigenvalue weighted by Gasteiger charge is 2.34. The molecular weight excluding hydrogens is 446 g/mol. The van der Waals surface area contributed by atoms with Gasteiger partial charge in [-0.15, -0.1) is 0 Å². The van der Waals surface area contributed by atoms with Gasteiger partial charge in [0.05, 0.1) is 15.5 Å². The lowest BCUT2D eigenvalue weighted by Crippen LogP contribution is -2.42. The standard InChI is InChI=1S/C23H29N3O4S2/c1-14-8-15(2)13-26(12-14)32(29,30)17-7-5-6-16(9-17)21(28)25-22-24-18-10-23(3,4)11-19(27)20(18)31-22/h5-7,9,14-15H,8,10-13H2,1-4H3,(H,24,25,28). The van der Waals surface area contributed by atoms with Crippen LogP contribution in [0.5, 0.6) is 0 Å². The molecule has 1 aromatic heterocycles. The molecule has 1 aliphatic carbocycles. The third-order valence-electron chi connectivity index (χ3n) is 6.03. The second kappa shape index (κ2) is 8.35. The number of hydrogen-bond donors (Lipinski definition) is 1. The Hall–Kier alpha value is -2.10. The minimum atomic E-state index is -3.68. The van der Waals surface area contributed by atoms with Gasteiger partial charge in [0.2, 0.25) is 10.0 Å². The highest BCUT2D eigenvalue weighted by atomic mass is 32.2. The number of hydrogen-bond acceptors (Lipinski definition) is 6. The van der Waals surface area contributed by atoms with E-state index in [0.717, 1.165) is 12.1 Å². The van der Waals surface area contributed by atoms with Crippen LogP contribution in [0.2, 0.25) is 0 Å². The minimum Gasteiger partial charge on any atom is -0.298 e. The first-order valence-corrected chi connectivity index (χ1v) is 13.1. The van der Waals surface area contributed by atoms with E-state index in [1.54, 1.807) is 12.1 Å². The van der Waals surface area contributed by atoms with Crippen LogP contribution in [0.15, 0.2) is 29.2 Å². The topological polar surface area (TPSA) is 96.4 Å². The van der Waals surface area contributed by atoms with E-state index in [1.165, 1.54) is 27.8 Å². The fourth-order valence-corrected chi connectivity index (χ4v) is 7.33. The van der Waals surface area contributed by atoms with Crippen LogP contribution in [-0.2, 0) is 16.4 Å². The molecular formula is C23H29N3O4S2. The lowest BCUT2D eigenvalue weighted by Gasteiger charge is -2.34. The lowest BCUT2D eigenvalue weighted by molar-refractivity contribution is 0.0915. The number of thiazole rings is 1. The van der Waals surface area contributed by atoms with Crippen LogP contribution in [0.25, 0.3) is 0 Å². The fourth-order valence-electron chi connectivity index (χ4n) is 4.69. The number of fused-ring (bicyclic) bond motifs is 1. The maximum Gasteiger partial charge on any atom is 0.257 e. The van der Waals surface area contributed by atoms with E-state index in [-0.39, 0.29) is 21.7 Å². The average Bonchev–Trinajstić information content (AvgIpc) is 3.08. The molecule has 32 heavy (non-hydrogen) atoms. The largest absolute Gasteiger partial charge is 0.298 e. The Bertz CT molecular complexity index is 1160. The number of nitrogens with one attached hydrogen (secondary N) is 1. The van der Waals surface area contributed by atoms with E-state index >= 15 is 0 Å². The highest BCUT2D eigenvalue weighted by molar-refractivity contribution is 7.89. The van der Waals surface area contributed by atoms with Gasteiger partial charge in [0.1, 0.15) is 0 Å². The molecule has 0 bridgehead atoms. The van der Waals surface area contributed by atoms with E-state index in [4.69, 9.17) is 0 Å². The van der Waals surface area contributed by atoms with Crippen molar-refractivity contribution >= 4 is 38.2 Å². The molecule has 1 aromatic carbocycles. The Kier molecular flexibility index (Phi) is 6.02. The number of nitrogens with zero attached hydrogens (tertiary/aromatic N) is 2. The van der Waals surface area contributed by atoms with Crippen molar-refractivity contribution in [3.05, 3.63) is 40.4 Å². The Labute approximate surface area is 193 Å². The van der Waals surface area contributed by atoms with Crippen molar-refractivity contribution in [1.82, 2.24) is 9.29 Å². The average molecular weight is 476 g/mol. The summed E-state index contributed by atoms with van der Waals surface area (Å²) in [4.78, 5) is 30.4. The maximum absolute atomic E-state index is 13.2. The van der Waals surface area contributed by atoms with Gasteiger partial charge in [0.15, 0.2) is 10.9 Å². The molecule has 172 valence electrons. The molecule has 0 spiro atoms. The predicted molar refractivity (Wildman–Crippen MR) is 125 cm³/mol. The van der Waals surface area contributed by atoms with E-state index < -0.39 is 15.9 Å². The van der Waals surface area contributed by atoms with Crippen molar-refractivity contribution in [2.45, 2.75) is 51.9 Å². The summed E-state index contributed by atoms with van der Waals surface area (Å²) in [5, 5.41) is 3.10.